The lowest BCUT2D eigenvalue weighted by Crippen LogP contribution is -2.35. The van der Waals surface area contributed by atoms with Gasteiger partial charge in [0.15, 0.2) is 0 Å². The third-order valence-electron chi connectivity index (χ3n) is 6.10. The fraction of sp³-hybridized carbons (Fsp3) is 0.259. The third kappa shape index (κ3) is 4.70. The van der Waals surface area contributed by atoms with Crippen molar-refractivity contribution in [3.63, 3.8) is 0 Å². The molecule has 0 atom stereocenters. The van der Waals surface area contributed by atoms with Crippen molar-refractivity contribution < 1.29 is 9.59 Å². The maximum Gasteiger partial charge on any atom is 0.278 e. The zero-order valence-corrected chi connectivity index (χ0v) is 19.3. The maximum absolute atomic E-state index is 13.6. The van der Waals surface area contributed by atoms with Gasteiger partial charge in [0.25, 0.3) is 11.8 Å². The van der Waals surface area contributed by atoms with E-state index in [1.54, 1.807) is 18.6 Å². The standard InChI is InChI=1S/C27H28N4O2/c1-4-30(16-12-21-10-14-28-15-11-21)25-24(22-9-8-19(2)20(3)17-22)26(32)31(27(25)33)18-23-7-5-6-13-29-23/h5-11,13-15,17H,4,12,16,18H2,1-3H3. The van der Waals surface area contributed by atoms with Gasteiger partial charge in [-0.1, -0.05) is 24.3 Å². The number of benzene rings is 1. The number of hydrogen-bond donors (Lipinski definition) is 0. The first-order valence-electron chi connectivity index (χ1n) is 11.2. The highest BCUT2D eigenvalue weighted by molar-refractivity contribution is 6.35. The molecule has 33 heavy (non-hydrogen) atoms. The zero-order valence-electron chi connectivity index (χ0n) is 19.3. The summed E-state index contributed by atoms with van der Waals surface area (Å²) in [6, 6.07) is 15.4. The molecule has 0 unspecified atom stereocenters. The smallest absolute Gasteiger partial charge is 0.278 e. The molecule has 4 rings (SSSR count). The minimum atomic E-state index is -0.272. The Morgan fingerprint density at radius 2 is 1.70 bits per heavy atom. The van der Waals surface area contributed by atoms with Gasteiger partial charge in [-0.05, 0) is 73.7 Å². The minimum absolute atomic E-state index is 0.151. The molecule has 1 aromatic carbocycles. The molecule has 0 spiro atoms. The molecule has 0 fully saturated rings. The Hall–Kier alpha value is -3.80. The molecule has 0 saturated carbocycles. The van der Waals surface area contributed by atoms with Gasteiger partial charge < -0.3 is 4.90 Å². The summed E-state index contributed by atoms with van der Waals surface area (Å²) in [5, 5.41) is 0. The van der Waals surface area contributed by atoms with Crippen molar-refractivity contribution >= 4 is 17.4 Å². The van der Waals surface area contributed by atoms with E-state index in [0.717, 1.165) is 28.7 Å². The van der Waals surface area contributed by atoms with Crippen LogP contribution in [0.25, 0.3) is 5.57 Å². The van der Waals surface area contributed by atoms with Gasteiger partial charge in [0.1, 0.15) is 5.70 Å². The van der Waals surface area contributed by atoms with Gasteiger partial charge in [0.05, 0.1) is 17.8 Å². The van der Waals surface area contributed by atoms with E-state index in [9.17, 15) is 9.59 Å². The summed E-state index contributed by atoms with van der Waals surface area (Å²) in [6.45, 7) is 7.46. The van der Waals surface area contributed by atoms with Gasteiger partial charge >= 0.3 is 0 Å². The van der Waals surface area contributed by atoms with Crippen molar-refractivity contribution in [1.29, 1.82) is 0 Å². The number of carbonyl (C=O) groups is 2. The average molecular weight is 441 g/mol. The first kappa shape index (κ1) is 22.4. The minimum Gasteiger partial charge on any atom is -0.366 e. The second-order valence-corrected chi connectivity index (χ2v) is 8.23. The molecule has 0 bridgehead atoms. The van der Waals surface area contributed by atoms with Crippen LogP contribution >= 0.6 is 0 Å². The first-order valence-corrected chi connectivity index (χ1v) is 11.2. The summed E-state index contributed by atoms with van der Waals surface area (Å²) < 4.78 is 0. The van der Waals surface area contributed by atoms with E-state index < -0.39 is 0 Å². The monoisotopic (exact) mass is 440 g/mol. The van der Waals surface area contributed by atoms with Gasteiger partial charge in [-0.15, -0.1) is 0 Å². The Morgan fingerprint density at radius 3 is 2.36 bits per heavy atom. The molecule has 6 heteroatoms. The molecule has 0 radical (unpaired) electrons. The van der Waals surface area contributed by atoms with Gasteiger partial charge in [-0.3, -0.25) is 24.5 Å². The highest BCUT2D eigenvalue weighted by atomic mass is 16.2. The number of pyridine rings is 2. The van der Waals surface area contributed by atoms with Crippen molar-refractivity contribution in [3.8, 4) is 0 Å². The molecule has 0 N–H and O–H groups in total. The fourth-order valence-electron chi connectivity index (χ4n) is 4.05. The Labute approximate surface area is 194 Å². The van der Waals surface area contributed by atoms with Crippen molar-refractivity contribution in [3.05, 3.63) is 101 Å². The van der Waals surface area contributed by atoms with Crippen LogP contribution in [0.4, 0.5) is 0 Å². The van der Waals surface area contributed by atoms with E-state index in [4.69, 9.17) is 0 Å². The van der Waals surface area contributed by atoms with Crippen LogP contribution in [-0.4, -0.2) is 44.7 Å². The van der Waals surface area contributed by atoms with E-state index in [1.165, 1.54) is 4.90 Å². The number of likely N-dealkylation sites (N-methyl/N-ethyl adjacent to an activating group) is 1. The van der Waals surface area contributed by atoms with Crippen LogP contribution in [0.2, 0.25) is 0 Å². The second kappa shape index (κ2) is 9.77. The van der Waals surface area contributed by atoms with Crippen molar-refractivity contribution in [1.82, 2.24) is 19.8 Å². The van der Waals surface area contributed by atoms with Crippen molar-refractivity contribution in [2.45, 2.75) is 33.7 Å². The first-order chi connectivity index (χ1) is 16.0. The number of carbonyl (C=O) groups excluding carboxylic acids is 2. The van der Waals surface area contributed by atoms with Gasteiger partial charge in [0.2, 0.25) is 0 Å². The van der Waals surface area contributed by atoms with E-state index in [1.807, 2.05) is 74.2 Å². The largest absolute Gasteiger partial charge is 0.366 e. The molecule has 0 saturated heterocycles. The number of rotatable bonds is 8. The molecule has 0 aliphatic carbocycles. The number of aryl methyl sites for hydroxylation is 2. The Kier molecular flexibility index (Phi) is 6.63. The van der Waals surface area contributed by atoms with Crippen LogP contribution in [0.15, 0.2) is 72.8 Å². The van der Waals surface area contributed by atoms with Crippen molar-refractivity contribution in [2.24, 2.45) is 0 Å². The second-order valence-electron chi connectivity index (χ2n) is 8.23. The fourth-order valence-corrected chi connectivity index (χ4v) is 4.05. The molecule has 1 aliphatic rings. The summed E-state index contributed by atoms with van der Waals surface area (Å²) >= 11 is 0. The lowest BCUT2D eigenvalue weighted by molar-refractivity contribution is -0.138. The van der Waals surface area contributed by atoms with Crippen LogP contribution in [0, 0.1) is 13.8 Å². The Balaban J connectivity index is 1.72. The summed E-state index contributed by atoms with van der Waals surface area (Å²) in [6.07, 6.45) is 5.96. The SMILES string of the molecule is CCN(CCc1ccncc1)C1=C(c2ccc(C)c(C)c2)C(=O)N(Cc2ccccn2)C1=O. The van der Waals surface area contributed by atoms with E-state index >= 15 is 0 Å². The lowest BCUT2D eigenvalue weighted by atomic mass is 9.99. The Bertz CT molecular complexity index is 1190. The number of imide groups is 1. The van der Waals surface area contributed by atoms with Gasteiger partial charge in [-0.25, -0.2) is 0 Å². The van der Waals surface area contributed by atoms with Crippen LogP contribution in [0.3, 0.4) is 0 Å². The highest BCUT2D eigenvalue weighted by Gasteiger charge is 2.41. The summed E-state index contributed by atoms with van der Waals surface area (Å²) in [5.41, 5.74) is 5.76. The van der Waals surface area contributed by atoms with Crippen LogP contribution in [0.1, 0.15) is 34.9 Å². The molecular formula is C27H28N4O2. The molecule has 168 valence electrons. The zero-order chi connectivity index (χ0) is 23.4. The molecule has 2 aromatic heterocycles. The third-order valence-corrected chi connectivity index (χ3v) is 6.10. The molecule has 3 aromatic rings. The summed E-state index contributed by atoms with van der Waals surface area (Å²) in [7, 11) is 0. The number of hydrogen-bond acceptors (Lipinski definition) is 5. The number of aromatic nitrogens is 2. The predicted molar refractivity (Wildman–Crippen MR) is 128 cm³/mol. The summed E-state index contributed by atoms with van der Waals surface area (Å²) in [5.74, 6) is -0.540. The molecule has 1 aliphatic heterocycles. The normalized spacial score (nSPS) is 13.7. The van der Waals surface area contributed by atoms with Gasteiger partial charge in [-0.2, -0.15) is 0 Å². The van der Waals surface area contributed by atoms with E-state index in [-0.39, 0.29) is 18.4 Å². The van der Waals surface area contributed by atoms with Crippen LogP contribution < -0.4 is 0 Å². The Morgan fingerprint density at radius 1 is 0.909 bits per heavy atom. The van der Waals surface area contributed by atoms with E-state index in [2.05, 4.69) is 9.97 Å². The number of nitrogens with zero attached hydrogens (tertiary/aromatic N) is 4. The molecule has 2 amide bonds. The molecular weight excluding hydrogens is 412 g/mol. The molecule has 6 nitrogen and oxygen atoms in total. The maximum atomic E-state index is 13.6. The van der Waals surface area contributed by atoms with E-state index in [0.29, 0.717) is 30.1 Å². The van der Waals surface area contributed by atoms with Crippen LogP contribution in [0.5, 0.6) is 0 Å². The highest BCUT2D eigenvalue weighted by Crippen LogP contribution is 2.33. The topological polar surface area (TPSA) is 66.4 Å². The van der Waals surface area contributed by atoms with Crippen molar-refractivity contribution in [2.75, 3.05) is 13.1 Å². The predicted octanol–water partition coefficient (Wildman–Crippen LogP) is 3.94. The number of amides is 2. The summed E-state index contributed by atoms with van der Waals surface area (Å²) in [4.78, 5) is 39.0. The lowest BCUT2D eigenvalue weighted by Gasteiger charge is -2.25. The van der Waals surface area contributed by atoms with Crippen LogP contribution in [-0.2, 0) is 22.6 Å². The van der Waals surface area contributed by atoms with Gasteiger partial charge in [0, 0.05) is 31.7 Å². The molecule has 3 heterocycles. The average Bonchev–Trinajstić information content (AvgIpc) is 3.07. The quantitative estimate of drug-likeness (QED) is 0.497.